The molecule has 0 radical (unpaired) electrons. The van der Waals surface area contributed by atoms with Gasteiger partial charge in [0.2, 0.25) is 13.4 Å². The van der Waals surface area contributed by atoms with Crippen molar-refractivity contribution >= 4 is 159 Å². The molecule has 6 heterocycles. The van der Waals surface area contributed by atoms with E-state index in [1.807, 2.05) is 47.0 Å². The zero-order valence-electron chi connectivity index (χ0n) is 43.7. The first-order valence-corrected chi connectivity index (χ1v) is 31.6. The zero-order chi connectivity index (χ0) is 51.3. The molecule has 0 aliphatic carbocycles. The smallest absolute Gasteiger partial charge is 0.247 e. The lowest BCUT2D eigenvalue weighted by molar-refractivity contribution is 0.591. The van der Waals surface area contributed by atoms with Gasteiger partial charge in [0.25, 0.3) is 0 Å². The number of hydrogen-bond donors (Lipinski definition) is 0. The molecule has 0 amide bonds. The number of aromatic nitrogens is 2. The highest BCUT2D eigenvalue weighted by Crippen LogP contribution is 2.47. The lowest BCUT2D eigenvalue weighted by Crippen LogP contribution is -2.62. The highest BCUT2D eigenvalue weighted by molar-refractivity contribution is 14.1. The van der Waals surface area contributed by atoms with Gasteiger partial charge < -0.3 is 9.13 Å². The third kappa shape index (κ3) is 7.48. The van der Waals surface area contributed by atoms with Crippen LogP contribution in [0.4, 0.5) is 0 Å². The number of halogens is 1. The number of nitrogens with zero attached hydrogens (tertiary/aromatic N) is 2. The Hall–Kier alpha value is -5.16. The number of fused-ring (bicyclic) bond motifs is 14. The summed E-state index contributed by atoms with van der Waals surface area (Å²) in [6.45, 7) is 14.3. The van der Waals surface area contributed by atoms with Gasteiger partial charge in [0.05, 0.1) is 22.1 Å². The SMILES string of the molecule is CCCCc1ccc2c(c1)c1cc(I)ccc1n2-c1cc2c3c(c1)Sc1cc4c(cc1B3c1ccccc1S2)B1c2ccccc2Sc2cc(-n3c5ccc(C(C)CCC)cc5c5cc(C(C)(C)C)ccc53)cc(c21)S4. The van der Waals surface area contributed by atoms with E-state index in [2.05, 4.69) is 231 Å². The molecule has 370 valence electrons. The normalized spacial score (nSPS) is 14.5. The number of rotatable bonds is 8. The van der Waals surface area contributed by atoms with Crippen LogP contribution in [0, 0.1) is 3.57 Å². The largest absolute Gasteiger partial charge is 0.309 e. The molecule has 9 aromatic carbocycles. The molecular weight excluding hydrogens is 1110 g/mol. The first-order chi connectivity index (χ1) is 37.0. The molecule has 1 unspecified atom stereocenters. The molecule has 0 spiro atoms. The summed E-state index contributed by atoms with van der Waals surface area (Å²) in [6.07, 6.45) is 5.89. The molecule has 4 aliphatic rings. The van der Waals surface area contributed by atoms with Gasteiger partial charge in [-0.1, -0.05) is 184 Å². The topological polar surface area (TPSA) is 9.86 Å². The van der Waals surface area contributed by atoms with Gasteiger partial charge in [0.1, 0.15) is 0 Å². The van der Waals surface area contributed by atoms with Gasteiger partial charge in [-0.3, -0.25) is 0 Å². The molecule has 11 aromatic rings. The average molecular weight is 1160 g/mol. The molecule has 0 saturated carbocycles. The van der Waals surface area contributed by atoms with Gasteiger partial charge in [-0.15, -0.1) is 0 Å². The van der Waals surface area contributed by atoms with Crippen LogP contribution in [0.3, 0.4) is 0 Å². The second kappa shape index (κ2) is 18.2. The van der Waals surface area contributed by atoms with E-state index in [9.17, 15) is 0 Å². The van der Waals surface area contributed by atoms with Crippen LogP contribution in [0.5, 0.6) is 0 Å². The van der Waals surface area contributed by atoms with Crippen LogP contribution in [0.15, 0.2) is 197 Å². The van der Waals surface area contributed by atoms with E-state index < -0.39 is 0 Å². The minimum absolute atomic E-state index is 0.0436. The van der Waals surface area contributed by atoms with Crippen LogP contribution in [0.25, 0.3) is 55.0 Å². The van der Waals surface area contributed by atoms with Crippen molar-refractivity contribution in [3.8, 4) is 11.4 Å². The fraction of sp³-hybridized carbons (Fsp3) is 0.194. The Morgan fingerprint density at radius 1 is 0.474 bits per heavy atom. The van der Waals surface area contributed by atoms with Crippen molar-refractivity contribution in [3.63, 3.8) is 0 Å². The summed E-state index contributed by atoms with van der Waals surface area (Å²) < 4.78 is 6.39. The van der Waals surface area contributed by atoms with Crippen LogP contribution < -0.4 is 32.8 Å². The Morgan fingerprint density at radius 2 is 0.974 bits per heavy atom. The Labute approximate surface area is 477 Å². The van der Waals surface area contributed by atoms with Crippen molar-refractivity contribution in [2.75, 3.05) is 0 Å². The van der Waals surface area contributed by atoms with E-state index in [-0.39, 0.29) is 18.8 Å². The van der Waals surface area contributed by atoms with Crippen LogP contribution in [-0.4, -0.2) is 22.6 Å². The number of unbranched alkanes of at least 4 members (excludes halogenated alkanes) is 1. The highest BCUT2D eigenvalue weighted by atomic mass is 127. The maximum Gasteiger partial charge on any atom is 0.247 e. The molecular formula is C67H55B2IN2S4. The molecule has 0 bridgehead atoms. The van der Waals surface area contributed by atoms with Crippen molar-refractivity contribution in [1.82, 2.24) is 9.13 Å². The number of hydrogen-bond acceptors (Lipinski definition) is 4. The Morgan fingerprint density at radius 3 is 1.54 bits per heavy atom. The van der Waals surface area contributed by atoms with Gasteiger partial charge in [0.15, 0.2) is 0 Å². The van der Waals surface area contributed by atoms with E-state index in [1.165, 1.54) is 173 Å². The predicted molar refractivity (Wildman–Crippen MR) is 340 cm³/mol. The summed E-state index contributed by atoms with van der Waals surface area (Å²) in [6, 6.07) is 62.6. The minimum atomic E-state index is 0.0436. The fourth-order valence-electron chi connectivity index (χ4n) is 13.2. The lowest BCUT2D eigenvalue weighted by Gasteiger charge is -2.37. The number of benzene rings is 9. The average Bonchev–Trinajstić information content (AvgIpc) is 4.09. The van der Waals surface area contributed by atoms with Crippen molar-refractivity contribution in [1.29, 1.82) is 0 Å². The summed E-state index contributed by atoms with van der Waals surface area (Å²) in [5.74, 6) is 0.512. The summed E-state index contributed by atoms with van der Waals surface area (Å²) in [5, 5.41) is 5.37. The van der Waals surface area contributed by atoms with Crippen LogP contribution in [0.2, 0.25) is 0 Å². The van der Waals surface area contributed by atoms with Crippen LogP contribution in [0.1, 0.15) is 89.8 Å². The summed E-state index contributed by atoms with van der Waals surface area (Å²) in [4.78, 5) is 10.9. The fourth-order valence-corrected chi connectivity index (χ4v) is 18.7. The molecule has 0 saturated heterocycles. The van der Waals surface area contributed by atoms with Crippen molar-refractivity contribution in [2.45, 2.75) is 124 Å². The molecule has 1 atom stereocenters. The highest BCUT2D eigenvalue weighted by Gasteiger charge is 2.43. The summed E-state index contributed by atoms with van der Waals surface area (Å²) >= 11 is 10.4. The predicted octanol–water partition coefficient (Wildman–Crippen LogP) is 15.9. The maximum atomic E-state index is 2.66. The standard InChI is InChI=1S/C67H55B2IN2S4/c1-7-9-15-39-20-24-53-45(28-39)48-31-42(70)23-27-56(48)71(53)43-32-61-65-63(34-43)75-59-37-60-52(36-51(59)68(65)49-16-10-12-18-57(49)73-61)69-50-17-11-13-19-58(50)74-62-33-44(35-64(76-60)66(62)69)72-54-25-21-40(38(3)14-8-2)29-46(54)47-30-41(67(4,5)6)22-26-55(47)72/h10-13,16-38H,7-9,14-15H2,1-6H3. The first kappa shape index (κ1) is 48.0. The second-order valence-electron chi connectivity index (χ2n) is 22.7. The second-order valence-corrected chi connectivity index (χ2v) is 28.3. The summed E-state index contributed by atoms with van der Waals surface area (Å²) in [7, 11) is 0. The van der Waals surface area contributed by atoms with Gasteiger partial charge in [-0.25, -0.2) is 0 Å². The summed E-state index contributed by atoms with van der Waals surface area (Å²) in [5.41, 5.74) is 20.5. The van der Waals surface area contributed by atoms with E-state index in [4.69, 9.17) is 0 Å². The van der Waals surface area contributed by atoms with Crippen molar-refractivity contribution < 1.29 is 0 Å². The molecule has 2 nitrogen and oxygen atoms in total. The number of aryl methyl sites for hydroxylation is 1. The third-order valence-corrected chi connectivity index (χ3v) is 22.2. The van der Waals surface area contributed by atoms with Gasteiger partial charge in [-0.05, 0) is 178 Å². The van der Waals surface area contributed by atoms with Crippen LogP contribution in [-0.2, 0) is 11.8 Å². The zero-order valence-corrected chi connectivity index (χ0v) is 49.1. The van der Waals surface area contributed by atoms with Gasteiger partial charge >= 0.3 is 0 Å². The molecule has 2 aromatic heterocycles. The van der Waals surface area contributed by atoms with Gasteiger partial charge in [0, 0.05) is 75.7 Å². The minimum Gasteiger partial charge on any atom is -0.309 e. The maximum absolute atomic E-state index is 2.66. The molecule has 15 rings (SSSR count). The van der Waals surface area contributed by atoms with E-state index in [0.29, 0.717) is 5.92 Å². The van der Waals surface area contributed by atoms with Crippen molar-refractivity contribution in [2.24, 2.45) is 0 Å². The van der Waals surface area contributed by atoms with E-state index >= 15 is 0 Å². The molecule has 4 aliphatic heterocycles. The molecule has 0 fully saturated rings. The molecule has 76 heavy (non-hydrogen) atoms. The third-order valence-electron chi connectivity index (χ3n) is 16.9. The monoisotopic (exact) mass is 1160 g/mol. The van der Waals surface area contributed by atoms with E-state index in [1.54, 1.807) is 0 Å². The van der Waals surface area contributed by atoms with Crippen LogP contribution >= 0.6 is 69.6 Å². The Balaban J connectivity index is 0.908. The van der Waals surface area contributed by atoms with E-state index in [0.717, 1.165) is 6.42 Å². The Bertz CT molecular complexity index is 4300. The molecule has 0 N–H and O–H groups in total. The first-order valence-electron chi connectivity index (χ1n) is 27.3. The Kier molecular flexibility index (Phi) is 11.5. The van der Waals surface area contributed by atoms with Gasteiger partial charge in [-0.2, -0.15) is 0 Å². The van der Waals surface area contributed by atoms with Crippen molar-refractivity contribution in [3.05, 3.63) is 178 Å². The molecule has 9 heteroatoms. The lowest BCUT2D eigenvalue weighted by atomic mass is 9.33. The quantitative estimate of drug-likeness (QED) is 0.111.